The van der Waals surface area contributed by atoms with E-state index in [1.54, 1.807) is 12.3 Å². The van der Waals surface area contributed by atoms with Crippen LogP contribution in [0.3, 0.4) is 0 Å². The van der Waals surface area contributed by atoms with Crippen LogP contribution in [0.5, 0.6) is 0 Å². The topological polar surface area (TPSA) is 33.5 Å². The lowest BCUT2D eigenvalue weighted by Crippen LogP contribution is -2.44. The van der Waals surface area contributed by atoms with Gasteiger partial charge in [-0.25, -0.2) is 0 Å². The van der Waals surface area contributed by atoms with E-state index < -0.39 is 0 Å². The van der Waals surface area contributed by atoms with Crippen molar-refractivity contribution in [2.45, 2.75) is 38.6 Å². The van der Waals surface area contributed by atoms with Crippen LogP contribution in [0.25, 0.3) is 0 Å². The molecular weight excluding hydrogens is 238 g/mol. The van der Waals surface area contributed by atoms with E-state index >= 15 is 0 Å². The first-order valence-corrected chi connectivity index (χ1v) is 6.74. The molecule has 2 rings (SSSR count). The molecule has 4 heteroatoms. The largest absolute Gasteiger partial charge is 0.469 e. The third-order valence-corrected chi connectivity index (χ3v) is 3.72. The summed E-state index contributed by atoms with van der Waals surface area (Å²) >= 11 is 5.94. The van der Waals surface area contributed by atoms with E-state index in [9.17, 15) is 4.79 Å². The maximum atomic E-state index is 12.4. The van der Waals surface area contributed by atoms with Gasteiger partial charge in [-0.2, -0.15) is 0 Å². The van der Waals surface area contributed by atoms with Crippen molar-refractivity contribution in [3.8, 4) is 0 Å². The molecule has 1 amide bonds. The van der Waals surface area contributed by atoms with Crippen LogP contribution in [-0.2, 0) is 6.42 Å². The summed E-state index contributed by atoms with van der Waals surface area (Å²) in [5, 5.41) is 0. The first kappa shape index (κ1) is 12.5. The monoisotopic (exact) mass is 255 g/mol. The number of piperidine rings is 1. The van der Waals surface area contributed by atoms with Gasteiger partial charge < -0.3 is 9.32 Å². The Morgan fingerprint density at radius 3 is 3.12 bits per heavy atom. The fraction of sp³-hybridized carbons (Fsp3) is 0.615. The number of carbonyl (C=O) groups is 1. The standard InChI is InChI=1S/C13H18ClNO2/c1-2-12-11(6-8-17-12)13(16)15-7-4-3-5-10(15)9-14/h6,8,10H,2-5,7,9H2,1H3. The van der Waals surface area contributed by atoms with Crippen LogP contribution in [-0.4, -0.2) is 29.3 Å². The Morgan fingerprint density at radius 1 is 1.59 bits per heavy atom. The van der Waals surface area contributed by atoms with Crippen molar-refractivity contribution < 1.29 is 9.21 Å². The molecule has 0 N–H and O–H groups in total. The molecule has 94 valence electrons. The number of hydrogen-bond acceptors (Lipinski definition) is 2. The molecule has 2 heterocycles. The van der Waals surface area contributed by atoms with Gasteiger partial charge in [-0.3, -0.25) is 4.79 Å². The maximum Gasteiger partial charge on any atom is 0.257 e. The quantitative estimate of drug-likeness (QED) is 0.778. The average molecular weight is 256 g/mol. The second-order valence-electron chi connectivity index (χ2n) is 4.41. The average Bonchev–Trinajstić information content (AvgIpc) is 2.86. The third kappa shape index (κ3) is 2.49. The highest BCUT2D eigenvalue weighted by Crippen LogP contribution is 2.22. The molecule has 0 aromatic carbocycles. The van der Waals surface area contributed by atoms with E-state index in [0.717, 1.165) is 38.0 Å². The van der Waals surface area contributed by atoms with Gasteiger partial charge in [0.05, 0.1) is 11.8 Å². The molecule has 0 saturated carbocycles. The first-order chi connectivity index (χ1) is 8.27. The van der Waals surface area contributed by atoms with Crippen molar-refractivity contribution in [1.82, 2.24) is 4.90 Å². The minimum Gasteiger partial charge on any atom is -0.469 e. The Labute approximate surface area is 107 Å². The summed E-state index contributed by atoms with van der Waals surface area (Å²) in [6.07, 6.45) is 5.57. The van der Waals surface area contributed by atoms with Crippen LogP contribution in [0.1, 0.15) is 42.3 Å². The first-order valence-electron chi connectivity index (χ1n) is 6.21. The number of amides is 1. The second kappa shape index (κ2) is 5.58. The zero-order valence-electron chi connectivity index (χ0n) is 10.1. The highest BCUT2D eigenvalue weighted by molar-refractivity contribution is 6.18. The zero-order valence-corrected chi connectivity index (χ0v) is 10.9. The zero-order chi connectivity index (χ0) is 12.3. The van der Waals surface area contributed by atoms with E-state index in [0.29, 0.717) is 11.4 Å². The Morgan fingerprint density at radius 2 is 2.41 bits per heavy atom. The van der Waals surface area contributed by atoms with E-state index in [2.05, 4.69) is 0 Å². The van der Waals surface area contributed by atoms with Gasteiger partial charge in [-0.15, -0.1) is 11.6 Å². The molecule has 1 aliphatic rings. The number of alkyl halides is 1. The molecule has 1 aromatic heterocycles. The number of carbonyl (C=O) groups excluding carboxylic acids is 1. The number of nitrogens with zero attached hydrogens (tertiary/aromatic N) is 1. The van der Waals surface area contributed by atoms with Gasteiger partial charge in [0.25, 0.3) is 5.91 Å². The fourth-order valence-corrected chi connectivity index (χ4v) is 2.71. The Balaban J connectivity index is 2.18. The smallest absolute Gasteiger partial charge is 0.257 e. The van der Waals surface area contributed by atoms with E-state index in [4.69, 9.17) is 16.0 Å². The molecule has 1 aliphatic heterocycles. The molecule has 3 nitrogen and oxygen atoms in total. The summed E-state index contributed by atoms with van der Waals surface area (Å²) in [4.78, 5) is 14.3. The molecule has 0 aliphatic carbocycles. The number of hydrogen-bond donors (Lipinski definition) is 0. The lowest BCUT2D eigenvalue weighted by molar-refractivity contribution is 0.0637. The van der Waals surface area contributed by atoms with Crippen molar-refractivity contribution in [3.63, 3.8) is 0 Å². The number of furan rings is 1. The molecule has 17 heavy (non-hydrogen) atoms. The van der Waals surface area contributed by atoms with E-state index in [-0.39, 0.29) is 11.9 Å². The van der Waals surface area contributed by atoms with Gasteiger partial charge in [0, 0.05) is 24.9 Å². The van der Waals surface area contributed by atoms with Crippen LogP contribution in [0.15, 0.2) is 16.7 Å². The number of aryl methyl sites for hydroxylation is 1. The SMILES string of the molecule is CCc1occc1C(=O)N1CCCCC1CCl. The maximum absolute atomic E-state index is 12.4. The number of likely N-dealkylation sites (tertiary alicyclic amines) is 1. The van der Waals surface area contributed by atoms with Gasteiger partial charge >= 0.3 is 0 Å². The van der Waals surface area contributed by atoms with Crippen LogP contribution in [0, 0.1) is 0 Å². The van der Waals surface area contributed by atoms with E-state index in [1.807, 2.05) is 11.8 Å². The van der Waals surface area contributed by atoms with Crippen LogP contribution < -0.4 is 0 Å². The Kier molecular flexibility index (Phi) is 4.11. The summed E-state index contributed by atoms with van der Waals surface area (Å²) in [5.41, 5.74) is 0.699. The van der Waals surface area contributed by atoms with Crippen LogP contribution in [0.4, 0.5) is 0 Å². The van der Waals surface area contributed by atoms with Gasteiger partial charge in [0.15, 0.2) is 0 Å². The molecule has 1 fully saturated rings. The molecule has 1 aromatic rings. The second-order valence-corrected chi connectivity index (χ2v) is 4.72. The lowest BCUT2D eigenvalue weighted by Gasteiger charge is -2.34. The minimum absolute atomic E-state index is 0.0703. The van der Waals surface area contributed by atoms with Gasteiger partial charge in [0.2, 0.25) is 0 Å². The molecule has 1 atom stereocenters. The predicted octanol–water partition coefficient (Wildman–Crippen LogP) is 3.08. The number of halogens is 1. The summed E-state index contributed by atoms with van der Waals surface area (Å²) in [6.45, 7) is 2.80. The number of rotatable bonds is 3. The third-order valence-electron chi connectivity index (χ3n) is 3.36. The molecule has 1 unspecified atom stereocenters. The molecule has 0 spiro atoms. The van der Waals surface area contributed by atoms with Crippen LogP contribution in [0.2, 0.25) is 0 Å². The highest BCUT2D eigenvalue weighted by atomic mass is 35.5. The van der Waals surface area contributed by atoms with Gasteiger partial charge in [-0.1, -0.05) is 6.92 Å². The summed E-state index contributed by atoms with van der Waals surface area (Å²) in [6, 6.07) is 1.94. The van der Waals surface area contributed by atoms with Crippen molar-refractivity contribution in [2.75, 3.05) is 12.4 Å². The van der Waals surface area contributed by atoms with Crippen molar-refractivity contribution in [1.29, 1.82) is 0 Å². The van der Waals surface area contributed by atoms with Gasteiger partial charge in [-0.05, 0) is 25.3 Å². The molecule has 0 radical (unpaired) electrons. The summed E-state index contributed by atoms with van der Waals surface area (Å²) in [5.74, 6) is 1.36. The lowest BCUT2D eigenvalue weighted by atomic mass is 10.0. The van der Waals surface area contributed by atoms with Gasteiger partial charge in [0.1, 0.15) is 5.76 Å². The minimum atomic E-state index is 0.0703. The van der Waals surface area contributed by atoms with Crippen molar-refractivity contribution in [3.05, 3.63) is 23.7 Å². The van der Waals surface area contributed by atoms with Crippen LogP contribution >= 0.6 is 11.6 Å². The Bertz CT molecular complexity index is 389. The molecule has 1 saturated heterocycles. The predicted molar refractivity (Wildman–Crippen MR) is 67.5 cm³/mol. The molecule has 0 bridgehead atoms. The molecular formula is C13H18ClNO2. The normalized spacial score (nSPS) is 20.6. The summed E-state index contributed by atoms with van der Waals surface area (Å²) < 4.78 is 5.31. The fourth-order valence-electron chi connectivity index (χ4n) is 2.39. The van der Waals surface area contributed by atoms with E-state index in [1.165, 1.54) is 0 Å². The highest BCUT2D eigenvalue weighted by Gasteiger charge is 2.28. The Hall–Kier alpha value is -0.960. The van der Waals surface area contributed by atoms with Crippen molar-refractivity contribution in [2.24, 2.45) is 0 Å². The van der Waals surface area contributed by atoms with Crippen molar-refractivity contribution >= 4 is 17.5 Å². The summed E-state index contributed by atoms with van der Waals surface area (Å²) in [7, 11) is 0.